The molecule has 1 aliphatic rings. The molecule has 1 aliphatic heterocycles. The first-order valence-corrected chi connectivity index (χ1v) is 11.2. The van der Waals surface area contributed by atoms with Gasteiger partial charge in [0.1, 0.15) is 17.9 Å². The summed E-state index contributed by atoms with van der Waals surface area (Å²) in [6.07, 6.45) is 1.48. The predicted molar refractivity (Wildman–Crippen MR) is 127 cm³/mol. The molecule has 0 aliphatic carbocycles. The minimum atomic E-state index is -0.108. The van der Waals surface area contributed by atoms with Gasteiger partial charge in [-0.05, 0) is 55.8 Å². The Labute approximate surface area is 201 Å². The lowest BCUT2D eigenvalue weighted by Gasteiger charge is -2.40. The summed E-state index contributed by atoms with van der Waals surface area (Å²) in [5, 5.41) is 1.54. The van der Waals surface area contributed by atoms with Crippen molar-refractivity contribution in [1.29, 1.82) is 0 Å². The third-order valence-electron chi connectivity index (χ3n) is 5.35. The highest BCUT2D eigenvalue weighted by atomic mass is 35.5. The van der Waals surface area contributed by atoms with E-state index in [1.807, 2.05) is 24.8 Å². The predicted octanol–water partition coefficient (Wildman–Crippen LogP) is 5.89. The van der Waals surface area contributed by atoms with E-state index in [4.69, 9.17) is 39.5 Å². The zero-order valence-corrected chi connectivity index (χ0v) is 19.8. The molecule has 2 aromatic carbocycles. The number of benzene rings is 2. The average molecular weight is 492 g/mol. The van der Waals surface area contributed by atoms with Gasteiger partial charge in [-0.15, -0.1) is 0 Å². The van der Waals surface area contributed by atoms with Crippen LogP contribution in [0.2, 0.25) is 15.1 Å². The summed E-state index contributed by atoms with van der Waals surface area (Å²) in [6, 6.07) is 12.1. The topological polar surface area (TPSA) is 58.6 Å². The molecule has 166 valence electrons. The van der Waals surface area contributed by atoms with E-state index in [9.17, 15) is 4.79 Å². The fourth-order valence-corrected chi connectivity index (χ4v) is 4.25. The largest absolute Gasteiger partial charge is 0.439 e. The van der Waals surface area contributed by atoms with Crippen molar-refractivity contribution in [1.82, 2.24) is 14.9 Å². The molecule has 0 spiro atoms. The van der Waals surface area contributed by atoms with E-state index in [-0.39, 0.29) is 11.9 Å². The van der Waals surface area contributed by atoms with Gasteiger partial charge in [0.05, 0.1) is 10.6 Å². The van der Waals surface area contributed by atoms with Crippen molar-refractivity contribution in [3.8, 4) is 11.6 Å². The van der Waals surface area contributed by atoms with Gasteiger partial charge in [0, 0.05) is 41.8 Å². The Bertz CT molecular complexity index is 1160. The van der Waals surface area contributed by atoms with Gasteiger partial charge in [0.25, 0.3) is 5.91 Å². The molecule has 1 aromatic heterocycles. The van der Waals surface area contributed by atoms with E-state index >= 15 is 0 Å². The first-order chi connectivity index (χ1) is 15.3. The fraction of sp³-hybridized carbons (Fsp3) is 0.261. The van der Waals surface area contributed by atoms with E-state index in [2.05, 4.69) is 14.9 Å². The molecule has 0 bridgehead atoms. The Morgan fingerprint density at radius 2 is 1.84 bits per heavy atom. The molecule has 1 atom stereocenters. The molecular weight excluding hydrogens is 471 g/mol. The van der Waals surface area contributed by atoms with Crippen LogP contribution >= 0.6 is 34.8 Å². The second-order valence-electron chi connectivity index (χ2n) is 7.65. The number of piperazine rings is 1. The number of aryl methyl sites for hydroxylation is 1. The molecular formula is C23H21Cl3N4O2. The normalized spacial score (nSPS) is 16.2. The van der Waals surface area contributed by atoms with Crippen LogP contribution in [0.3, 0.4) is 0 Å². The Balaban J connectivity index is 1.45. The summed E-state index contributed by atoms with van der Waals surface area (Å²) in [7, 11) is 0. The lowest BCUT2D eigenvalue weighted by Crippen LogP contribution is -2.54. The van der Waals surface area contributed by atoms with Crippen molar-refractivity contribution >= 4 is 46.5 Å². The van der Waals surface area contributed by atoms with Crippen LogP contribution in [0.15, 0.2) is 48.8 Å². The number of anilines is 1. The second-order valence-corrected chi connectivity index (χ2v) is 8.90. The molecule has 1 saturated heterocycles. The Kier molecular flexibility index (Phi) is 6.74. The highest BCUT2D eigenvalue weighted by Crippen LogP contribution is 2.28. The van der Waals surface area contributed by atoms with Gasteiger partial charge in [0.15, 0.2) is 0 Å². The number of carbonyl (C=O) groups is 1. The van der Waals surface area contributed by atoms with E-state index < -0.39 is 0 Å². The SMILES string of the molecule is Cc1cc(Oc2cc(N3CCN(C(=O)c4ccc(Cl)cc4Cl)[C@@H](C)C3)ncn2)ccc1Cl. The van der Waals surface area contributed by atoms with Crippen molar-refractivity contribution in [2.45, 2.75) is 19.9 Å². The van der Waals surface area contributed by atoms with Crippen LogP contribution in [-0.4, -0.2) is 46.5 Å². The van der Waals surface area contributed by atoms with E-state index in [0.717, 1.165) is 11.4 Å². The van der Waals surface area contributed by atoms with Crippen LogP contribution in [0.4, 0.5) is 5.82 Å². The molecule has 0 saturated carbocycles. The van der Waals surface area contributed by atoms with E-state index in [1.165, 1.54) is 6.33 Å². The molecule has 4 rings (SSSR count). The van der Waals surface area contributed by atoms with Crippen molar-refractivity contribution in [3.05, 3.63) is 75.0 Å². The Morgan fingerprint density at radius 3 is 2.56 bits per heavy atom. The standard InChI is InChI=1S/C23H21Cl3N4O2/c1-14-9-17(4-6-19(14)25)32-22-11-21(27-13-28-22)29-7-8-30(15(2)12-29)23(31)18-5-3-16(24)10-20(18)26/h3-6,9-11,13,15H,7-8,12H2,1-2H3/t15-/m0/s1. The monoisotopic (exact) mass is 490 g/mol. The number of nitrogens with zero attached hydrogens (tertiary/aromatic N) is 4. The number of aromatic nitrogens is 2. The zero-order valence-electron chi connectivity index (χ0n) is 17.6. The molecule has 9 heteroatoms. The molecule has 0 unspecified atom stereocenters. The summed E-state index contributed by atoms with van der Waals surface area (Å²) in [6.45, 7) is 5.70. The fourth-order valence-electron chi connectivity index (χ4n) is 3.65. The summed E-state index contributed by atoms with van der Waals surface area (Å²) in [4.78, 5) is 25.6. The maximum atomic E-state index is 13.0. The van der Waals surface area contributed by atoms with Crippen LogP contribution in [0.25, 0.3) is 0 Å². The second kappa shape index (κ2) is 9.53. The summed E-state index contributed by atoms with van der Waals surface area (Å²) >= 11 is 18.3. The van der Waals surface area contributed by atoms with Gasteiger partial charge in [0.2, 0.25) is 5.88 Å². The molecule has 32 heavy (non-hydrogen) atoms. The highest BCUT2D eigenvalue weighted by Gasteiger charge is 2.30. The molecule has 6 nitrogen and oxygen atoms in total. The number of ether oxygens (including phenoxy) is 1. The maximum Gasteiger partial charge on any atom is 0.255 e. The van der Waals surface area contributed by atoms with Crippen molar-refractivity contribution in [2.24, 2.45) is 0 Å². The molecule has 1 fully saturated rings. The first-order valence-electron chi connectivity index (χ1n) is 10.1. The first kappa shape index (κ1) is 22.6. The molecule has 3 aromatic rings. The average Bonchev–Trinajstić information content (AvgIpc) is 2.76. The van der Waals surface area contributed by atoms with E-state index in [1.54, 1.807) is 36.4 Å². The number of halogens is 3. The molecule has 2 heterocycles. The van der Waals surface area contributed by atoms with Crippen molar-refractivity contribution < 1.29 is 9.53 Å². The highest BCUT2D eigenvalue weighted by molar-refractivity contribution is 6.36. The minimum Gasteiger partial charge on any atom is -0.439 e. The van der Waals surface area contributed by atoms with Gasteiger partial charge < -0.3 is 14.5 Å². The van der Waals surface area contributed by atoms with Gasteiger partial charge in [-0.2, -0.15) is 0 Å². The number of amides is 1. The molecule has 0 radical (unpaired) electrons. The van der Waals surface area contributed by atoms with Crippen LogP contribution in [0.5, 0.6) is 11.6 Å². The summed E-state index contributed by atoms with van der Waals surface area (Å²) in [5.41, 5.74) is 1.38. The van der Waals surface area contributed by atoms with Crippen molar-refractivity contribution in [3.63, 3.8) is 0 Å². The third-order valence-corrected chi connectivity index (χ3v) is 6.33. The Hall–Kier alpha value is -2.54. The smallest absolute Gasteiger partial charge is 0.255 e. The minimum absolute atomic E-state index is 0.0405. The van der Waals surface area contributed by atoms with Gasteiger partial charge in [-0.3, -0.25) is 4.79 Å². The van der Waals surface area contributed by atoms with Gasteiger partial charge in [-0.25, -0.2) is 9.97 Å². The van der Waals surface area contributed by atoms with Crippen LogP contribution in [0.1, 0.15) is 22.8 Å². The summed E-state index contributed by atoms with van der Waals surface area (Å²) < 4.78 is 5.89. The maximum absolute atomic E-state index is 13.0. The zero-order chi connectivity index (χ0) is 22.8. The summed E-state index contributed by atoms with van der Waals surface area (Å²) in [5.74, 6) is 1.73. The number of carbonyl (C=O) groups excluding carboxylic acids is 1. The van der Waals surface area contributed by atoms with Gasteiger partial charge in [-0.1, -0.05) is 34.8 Å². The van der Waals surface area contributed by atoms with Crippen LogP contribution < -0.4 is 9.64 Å². The van der Waals surface area contributed by atoms with Crippen molar-refractivity contribution in [2.75, 3.05) is 24.5 Å². The molecule has 1 amide bonds. The lowest BCUT2D eigenvalue weighted by molar-refractivity contribution is 0.0674. The third kappa shape index (κ3) is 4.93. The van der Waals surface area contributed by atoms with Gasteiger partial charge >= 0.3 is 0 Å². The van der Waals surface area contributed by atoms with Crippen LogP contribution in [-0.2, 0) is 0 Å². The molecule has 0 N–H and O–H groups in total. The number of hydrogen-bond donors (Lipinski definition) is 0. The quantitative estimate of drug-likeness (QED) is 0.455. The van der Waals surface area contributed by atoms with E-state index in [0.29, 0.717) is 51.9 Å². The lowest BCUT2D eigenvalue weighted by atomic mass is 10.1. The number of rotatable bonds is 4. The van der Waals surface area contributed by atoms with Crippen LogP contribution in [0, 0.1) is 6.92 Å². The Morgan fingerprint density at radius 1 is 1.03 bits per heavy atom. The number of hydrogen-bond acceptors (Lipinski definition) is 5.